The number of hydrogen-bond donors (Lipinski definition) is 3. The molecule has 0 aliphatic carbocycles. The van der Waals surface area contributed by atoms with E-state index in [1.807, 2.05) is 36.1 Å². The van der Waals surface area contributed by atoms with E-state index in [1.165, 1.54) is 0 Å². The summed E-state index contributed by atoms with van der Waals surface area (Å²) in [5.74, 6) is 2.98. The van der Waals surface area contributed by atoms with E-state index in [4.69, 9.17) is 19.4 Å². The molecule has 0 radical (unpaired) electrons. The molecule has 10 nitrogen and oxygen atoms in total. The standard InChI is InChI=1S/C27H40N6O4/c1-18-24(29-21-9-12-36-15-21)30-25(20-7-6-8-23(13-20)37-16-22(35)14-28-5)31-26(18)32-10-11-33(19(2)34)27(3,4)17-32/h6-8,13,21-22,28,35H,9-12,14-17H2,1-5H3,(H,29,30,31)/t21-,22?/m1/s1. The second-order valence-corrected chi connectivity index (χ2v) is 10.5. The molecule has 1 amide bonds. The van der Waals surface area contributed by atoms with Crippen LogP contribution in [-0.2, 0) is 9.53 Å². The van der Waals surface area contributed by atoms with Crippen molar-refractivity contribution in [1.29, 1.82) is 0 Å². The lowest BCUT2D eigenvalue weighted by Gasteiger charge is -2.47. The zero-order chi connectivity index (χ0) is 26.6. The van der Waals surface area contributed by atoms with Gasteiger partial charge in [0, 0.05) is 50.8 Å². The number of nitrogens with zero attached hydrogens (tertiary/aromatic N) is 4. The van der Waals surface area contributed by atoms with Gasteiger partial charge < -0.3 is 35.0 Å². The van der Waals surface area contributed by atoms with Gasteiger partial charge in [0.25, 0.3) is 0 Å². The van der Waals surface area contributed by atoms with E-state index in [0.29, 0.717) is 44.4 Å². The molecule has 202 valence electrons. The SMILES string of the molecule is CNCC(O)COc1cccc(-c2nc(N[C@@H]3CCOC3)c(C)c(N3CCN(C(C)=O)C(C)(C)C3)n2)c1. The Morgan fingerprint density at radius 3 is 2.81 bits per heavy atom. The van der Waals surface area contributed by atoms with Crippen LogP contribution in [0.3, 0.4) is 0 Å². The van der Waals surface area contributed by atoms with Gasteiger partial charge in [-0.15, -0.1) is 0 Å². The number of aliphatic hydroxyl groups is 1. The van der Waals surface area contributed by atoms with Gasteiger partial charge in [-0.3, -0.25) is 4.79 Å². The van der Waals surface area contributed by atoms with Crippen molar-refractivity contribution in [3.8, 4) is 17.1 Å². The van der Waals surface area contributed by atoms with E-state index in [-0.39, 0.29) is 24.1 Å². The summed E-state index contributed by atoms with van der Waals surface area (Å²) in [6, 6.07) is 7.84. The van der Waals surface area contributed by atoms with Gasteiger partial charge >= 0.3 is 0 Å². The highest BCUT2D eigenvalue weighted by atomic mass is 16.5. The number of nitrogens with one attached hydrogen (secondary N) is 2. The van der Waals surface area contributed by atoms with Crippen molar-refractivity contribution in [3.63, 3.8) is 0 Å². The first-order chi connectivity index (χ1) is 17.7. The molecular weight excluding hydrogens is 472 g/mol. The van der Waals surface area contributed by atoms with Gasteiger partial charge in [0.1, 0.15) is 30.1 Å². The fraction of sp³-hybridized carbons (Fsp3) is 0.593. The molecule has 3 N–H and O–H groups in total. The van der Waals surface area contributed by atoms with E-state index in [1.54, 1.807) is 14.0 Å². The minimum Gasteiger partial charge on any atom is -0.491 e. The number of hydrogen-bond acceptors (Lipinski definition) is 9. The molecule has 2 fully saturated rings. The number of anilines is 2. The van der Waals surface area contributed by atoms with Gasteiger partial charge in [0.05, 0.1) is 18.2 Å². The maximum Gasteiger partial charge on any atom is 0.220 e. The molecule has 1 aromatic carbocycles. The minimum absolute atomic E-state index is 0.0880. The van der Waals surface area contributed by atoms with Crippen molar-refractivity contribution < 1.29 is 19.4 Å². The Morgan fingerprint density at radius 2 is 2.14 bits per heavy atom. The summed E-state index contributed by atoms with van der Waals surface area (Å²) < 4.78 is 11.4. The molecule has 2 aromatic rings. The largest absolute Gasteiger partial charge is 0.491 e. The fourth-order valence-corrected chi connectivity index (χ4v) is 5.06. The molecule has 3 heterocycles. The first-order valence-corrected chi connectivity index (χ1v) is 13.0. The third-order valence-electron chi connectivity index (χ3n) is 6.95. The number of aromatic nitrogens is 2. The Balaban J connectivity index is 1.66. The normalized spacial score (nSPS) is 20.1. The third kappa shape index (κ3) is 6.49. The van der Waals surface area contributed by atoms with Crippen molar-refractivity contribution >= 4 is 17.5 Å². The van der Waals surface area contributed by atoms with Crippen molar-refractivity contribution in [2.75, 3.05) is 63.3 Å². The number of piperazine rings is 1. The topological polar surface area (TPSA) is 112 Å². The molecule has 2 atom stereocenters. The van der Waals surface area contributed by atoms with Crippen LogP contribution in [0.5, 0.6) is 5.75 Å². The van der Waals surface area contributed by atoms with Crippen molar-refractivity contribution in [2.24, 2.45) is 0 Å². The molecule has 1 unspecified atom stereocenters. The molecule has 10 heteroatoms. The molecule has 0 bridgehead atoms. The summed E-state index contributed by atoms with van der Waals surface area (Å²) in [5, 5.41) is 16.5. The maximum absolute atomic E-state index is 12.2. The highest BCUT2D eigenvalue weighted by Crippen LogP contribution is 2.33. The van der Waals surface area contributed by atoms with Crippen LogP contribution < -0.4 is 20.3 Å². The van der Waals surface area contributed by atoms with Crippen LogP contribution in [-0.4, -0.2) is 96.6 Å². The average Bonchev–Trinajstić information content (AvgIpc) is 3.36. The van der Waals surface area contributed by atoms with Crippen LogP contribution >= 0.6 is 0 Å². The van der Waals surface area contributed by atoms with Gasteiger partial charge in [-0.2, -0.15) is 0 Å². The van der Waals surface area contributed by atoms with E-state index >= 15 is 0 Å². The van der Waals surface area contributed by atoms with Gasteiger partial charge in [-0.1, -0.05) is 12.1 Å². The van der Waals surface area contributed by atoms with Crippen molar-refractivity contribution in [3.05, 3.63) is 29.8 Å². The fourth-order valence-electron chi connectivity index (χ4n) is 5.06. The molecule has 2 aliphatic heterocycles. The number of ether oxygens (including phenoxy) is 2. The molecule has 1 aromatic heterocycles. The zero-order valence-corrected chi connectivity index (χ0v) is 22.6. The number of amides is 1. The summed E-state index contributed by atoms with van der Waals surface area (Å²) >= 11 is 0. The summed E-state index contributed by atoms with van der Waals surface area (Å²) in [7, 11) is 1.79. The quantitative estimate of drug-likeness (QED) is 0.465. The van der Waals surface area contributed by atoms with E-state index in [2.05, 4.69) is 29.4 Å². The summed E-state index contributed by atoms with van der Waals surface area (Å²) in [6.07, 6.45) is 0.328. The van der Waals surface area contributed by atoms with Gasteiger partial charge in [-0.05, 0) is 46.4 Å². The highest BCUT2D eigenvalue weighted by Gasteiger charge is 2.36. The average molecular weight is 513 g/mol. The van der Waals surface area contributed by atoms with Gasteiger partial charge in [0.15, 0.2) is 5.82 Å². The number of likely N-dealkylation sites (N-methyl/N-ethyl adjacent to an activating group) is 1. The molecular formula is C27H40N6O4. The van der Waals surface area contributed by atoms with Crippen LogP contribution in [0.15, 0.2) is 24.3 Å². The number of carbonyl (C=O) groups is 1. The minimum atomic E-state index is -0.600. The molecule has 0 spiro atoms. The Hall–Kier alpha value is -2.95. The van der Waals surface area contributed by atoms with E-state index in [9.17, 15) is 9.90 Å². The summed E-state index contributed by atoms with van der Waals surface area (Å²) in [4.78, 5) is 26.3. The Kier molecular flexibility index (Phi) is 8.51. The molecule has 4 rings (SSSR count). The third-order valence-corrected chi connectivity index (χ3v) is 6.95. The van der Waals surface area contributed by atoms with Gasteiger partial charge in [0.2, 0.25) is 5.91 Å². The Labute approximate surface area is 219 Å². The number of benzene rings is 1. The molecule has 0 saturated carbocycles. The van der Waals surface area contributed by atoms with Crippen LogP contribution in [0, 0.1) is 6.92 Å². The van der Waals surface area contributed by atoms with Crippen LogP contribution in [0.1, 0.15) is 32.8 Å². The van der Waals surface area contributed by atoms with Gasteiger partial charge in [-0.25, -0.2) is 9.97 Å². The summed E-state index contributed by atoms with van der Waals surface area (Å²) in [6.45, 7) is 11.9. The maximum atomic E-state index is 12.2. The predicted octanol–water partition coefficient (Wildman–Crippen LogP) is 2.06. The van der Waals surface area contributed by atoms with E-state index in [0.717, 1.165) is 35.8 Å². The van der Waals surface area contributed by atoms with Crippen molar-refractivity contribution in [1.82, 2.24) is 20.2 Å². The molecule has 37 heavy (non-hydrogen) atoms. The number of rotatable bonds is 9. The summed E-state index contributed by atoms with van der Waals surface area (Å²) in [5.41, 5.74) is 1.48. The second kappa shape index (κ2) is 11.6. The van der Waals surface area contributed by atoms with Crippen LogP contribution in [0.25, 0.3) is 11.4 Å². The Bertz CT molecular complexity index is 1090. The Morgan fingerprint density at radius 1 is 1.32 bits per heavy atom. The van der Waals surface area contributed by atoms with E-state index < -0.39 is 6.10 Å². The van der Waals surface area contributed by atoms with Crippen molar-refractivity contribution in [2.45, 2.75) is 51.8 Å². The molecule has 2 saturated heterocycles. The number of carbonyl (C=O) groups excluding carboxylic acids is 1. The smallest absolute Gasteiger partial charge is 0.220 e. The first-order valence-electron chi connectivity index (χ1n) is 13.0. The lowest BCUT2D eigenvalue weighted by Crippen LogP contribution is -2.61. The second-order valence-electron chi connectivity index (χ2n) is 10.5. The first kappa shape index (κ1) is 27.1. The highest BCUT2D eigenvalue weighted by molar-refractivity contribution is 5.75. The number of aliphatic hydroxyl groups excluding tert-OH is 1. The zero-order valence-electron chi connectivity index (χ0n) is 22.6. The molecule has 2 aliphatic rings. The van der Waals surface area contributed by atoms with Crippen LogP contribution in [0.4, 0.5) is 11.6 Å². The predicted molar refractivity (Wildman–Crippen MR) is 144 cm³/mol. The lowest BCUT2D eigenvalue weighted by atomic mass is 9.98. The lowest BCUT2D eigenvalue weighted by molar-refractivity contribution is -0.134. The van der Waals surface area contributed by atoms with Crippen LogP contribution in [0.2, 0.25) is 0 Å². The monoisotopic (exact) mass is 512 g/mol.